The van der Waals surface area contributed by atoms with Crippen molar-refractivity contribution in [3.05, 3.63) is 45.7 Å². The summed E-state index contributed by atoms with van der Waals surface area (Å²) in [6, 6.07) is 1.47. The van der Waals surface area contributed by atoms with Gasteiger partial charge < -0.3 is 0 Å². The van der Waals surface area contributed by atoms with E-state index in [1.807, 2.05) is 18.5 Å². The standard InChI is InChI=1S/C11H11BrFN3/c1-7-11(12)8(2)16(15-7)6-9-3-10(13)5-14-4-9/h3-5H,6H2,1-2H3. The lowest BCUT2D eigenvalue weighted by atomic mass is 10.3. The van der Waals surface area contributed by atoms with Crippen molar-refractivity contribution in [2.45, 2.75) is 20.4 Å². The molecule has 0 saturated heterocycles. The van der Waals surface area contributed by atoms with E-state index in [2.05, 4.69) is 26.0 Å². The van der Waals surface area contributed by atoms with Gasteiger partial charge in [-0.1, -0.05) is 0 Å². The van der Waals surface area contributed by atoms with Gasteiger partial charge in [-0.15, -0.1) is 0 Å². The highest BCUT2D eigenvalue weighted by molar-refractivity contribution is 9.10. The van der Waals surface area contributed by atoms with Crippen LogP contribution in [-0.4, -0.2) is 14.8 Å². The highest BCUT2D eigenvalue weighted by atomic mass is 79.9. The number of pyridine rings is 1. The third kappa shape index (κ3) is 2.14. The molecule has 0 aromatic carbocycles. The van der Waals surface area contributed by atoms with Crippen molar-refractivity contribution in [3.8, 4) is 0 Å². The Bertz CT molecular complexity index is 522. The largest absolute Gasteiger partial charge is 0.264 e. The van der Waals surface area contributed by atoms with Crippen LogP contribution in [0.2, 0.25) is 0 Å². The van der Waals surface area contributed by atoms with Crippen LogP contribution in [0.15, 0.2) is 22.9 Å². The molecule has 0 spiro atoms. The average Bonchev–Trinajstić information content (AvgIpc) is 2.47. The Balaban J connectivity index is 2.30. The zero-order valence-electron chi connectivity index (χ0n) is 9.04. The molecule has 0 radical (unpaired) electrons. The van der Waals surface area contributed by atoms with Gasteiger partial charge in [-0.3, -0.25) is 9.67 Å². The number of hydrogen-bond donors (Lipinski definition) is 0. The van der Waals surface area contributed by atoms with Crippen molar-refractivity contribution >= 4 is 15.9 Å². The molecule has 84 valence electrons. The molecule has 3 nitrogen and oxygen atoms in total. The molecule has 0 aliphatic heterocycles. The summed E-state index contributed by atoms with van der Waals surface area (Å²) < 4.78 is 15.8. The smallest absolute Gasteiger partial charge is 0.141 e. The second-order valence-corrected chi connectivity index (χ2v) is 4.45. The molecule has 0 atom stereocenters. The highest BCUT2D eigenvalue weighted by Gasteiger charge is 2.09. The third-order valence-electron chi connectivity index (χ3n) is 2.39. The predicted octanol–water partition coefficient (Wildman–Crippen LogP) is 2.84. The fraction of sp³-hybridized carbons (Fsp3) is 0.273. The average molecular weight is 284 g/mol. The van der Waals surface area contributed by atoms with Gasteiger partial charge in [-0.2, -0.15) is 5.10 Å². The van der Waals surface area contributed by atoms with Crippen molar-refractivity contribution in [1.82, 2.24) is 14.8 Å². The molecule has 0 saturated carbocycles. The highest BCUT2D eigenvalue weighted by Crippen LogP contribution is 2.20. The van der Waals surface area contributed by atoms with Crippen molar-refractivity contribution in [2.24, 2.45) is 0 Å². The van der Waals surface area contributed by atoms with Crippen LogP contribution in [0.25, 0.3) is 0 Å². The molecule has 5 heteroatoms. The van der Waals surface area contributed by atoms with E-state index in [-0.39, 0.29) is 5.82 Å². The number of halogens is 2. The number of aromatic nitrogens is 3. The first-order valence-corrected chi connectivity index (χ1v) is 5.66. The Labute approximate surface area is 101 Å². The van der Waals surface area contributed by atoms with E-state index in [4.69, 9.17) is 0 Å². The van der Waals surface area contributed by atoms with E-state index in [9.17, 15) is 4.39 Å². The Morgan fingerprint density at radius 1 is 1.38 bits per heavy atom. The Kier molecular flexibility index (Phi) is 3.05. The maximum Gasteiger partial charge on any atom is 0.141 e. The van der Waals surface area contributed by atoms with Gasteiger partial charge in [0.25, 0.3) is 0 Å². The lowest BCUT2D eigenvalue weighted by Crippen LogP contribution is -2.04. The topological polar surface area (TPSA) is 30.7 Å². The van der Waals surface area contributed by atoms with Crippen LogP contribution >= 0.6 is 15.9 Å². The second-order valence-electron chi connectivity index (χ2n) is 3.65. The molecule has 0 bridgehead atoms. The Morgan fingerprint density at radius 2 is 2.12 bits per heavy atom. The minimum atomic E-state index is -0.321. The Morgan fingerprint density at radius 3 is 2.69 bits per heavy atom. The van der Waals surface area contributed by atoms with Gasteiger partial charge in [0.1, 0.15) is 5.82 Å². The quantitative estimate of drug-likeness (QED) is 0.849. The summed E-state index contributed by atoms with van der Waals surface area (Å²) in [7, 11) is 0. The number of aryl methyl sites for hydroxylation is 1. The van der Waals surface area contributed by atoms with Crippen molar-refractivity contribution in [2.75, 3.05) is 0 Å². The molecule has 2 heterocycles. The minimum absolute atomic E-state index is 0.321. The fourth-order valence-corrected chi connectivity index (χ4v) is 1.83. The molecule has 2 aromatic rings. The van der Waals surface area contributed by atoms with Crippen LogP contribution in [0.5, 0.6) is 0 Å². The summed E-state index contributed by atoms with van der Waals surface area (Å²) in [4.78, 5) is 3.81. The summed E-state index contributed by atoms with van der Waals surface area (Å²) in [5.74, 6) is -0.321. The van der Waals surface area contributed by atoms with Crippen LogP contribution in [-0.2, 0) is 6.54 Å². The van der Waals surface area contributed by atoms with Gasteiger partial charge in [0, 0.05) is 6.20 Å². The van der Waals surface area contributed by atoms with Crippen molar-refractivity contribution in [1.29, 1.82) is 0 Å². The van der Waals surface area contributed by atoms with Gasteiger partial charge in [-0.05, 0) is 41.4 Å². The summed E-state index contributed by atoms with van der Waals surface area (Å²) in [6.45, 7) is 4.43. The lowest BCUT2D eigenvalue weighted by Gasteiger charge is -2.04. The van der Waals surface area contributed by atoms with Crippen LogP contribution in [0.4, 0.5) is 4.39 Å². The molecular formula is C11H11BrFN3. The fourth-order valence-electron chi connectivity index (χ4n) is 1.54. The molecule has 0 unspecified atom stereocenters. The SMILES string of the molecule is Cc1nn(Cc2cncc(F)c2)c(C)c1Br. The number of rotatable bonds is 2. The molecule has 2 aromatic heterocycles. The van der Waals surface area contributed by atoms with Crippen molar-refractivity contribution < 1.29 is 4.39 Å². The van der Waals surface area contributed by atoms with Gasteiger partial charge in [0.05, 0.1) is 28.6 Å². The summed E-state index contributed by atoms with van der Waals surface area (Å²) in [5, 5.41) is 4.35. The van der Waals surface area contributed by atoms with Crippen LogP contribution in [0, 0.1) is 19.7 Å². The molecule has 16 heavy (non-hydrogen) atoms. The first-order valence-electron chi connectivity index (χ1n) is 4.87. The van der Waals surface area contributed by atoms with E-state index in [0.29, 0.717) is 6.54 Å². The van der Waals surface area contributed by atoms with E-state index in [1.165, 1.54) is 12.3 Å². The molecule has 0 N–H and O–H groups in total. The maximum atomic E-state index is 13.0. The van der Waals surface area contributed by atoms with E-state index >= 15 is 0 Å². The number of nitrogens with zero attached hydrogens (tertiary/aromatic N) is 3. The summed E-state index contributed by atoms with van der Waals surface area (Å²) in [6.07, 6.45) is 2.84. The minimum Gasteiger partial charge on any atom is -0.264 e. The lowest BCUT2D eigenvalue weighted by molar-refractivity contribution is 0.608. The first-order chi connectivity index (χ1) is 7.58. The van der Waals surface area contributed by atoms with Gasteiger partial charge >= 0.3 is 0 Å². The van der Waals surface area contributed by atoms with E-state index < -0.39 is 0 Å². The molecule has 0 amide bonds. The van der Waals surface area contributed by atoms with Crippen LogP contribution in [0.3, 0.4) is 0 Å². The van der Waals surface area contributed by atoms with Crippen LogP contribution < -0.4 is 0 Å². The zero-order chi connectivity index (χ0) is 11.7. The zero-order valence-corrected chi connectivity index (χ0v) is 10.6. The maximum absolute atomic E-state index is 13.0. The predicted molar refractivity (Wildman–Crippen MR) is 62.7 cm³/mol. The Hall–Kier alpha value is -1.23. The normalized spacial score (nSPS) is 10.8. The van der Waals surface area contributed by atoms with E-state index in [1.54, 1.807) is 6.20 Å². The summed E-state index contributed by atoms with van der Waals surface area (Å²) >= 11 is 3.45. The van der Waals surface area contributed by atoms with E-state index in [0.717, 1.165) is 21.4 Å². The monoisotopic (exact) mass is 283 g/mol. The molecule has 0 aliphatic rings. The molecule has 2 rings (SSSR count). The molecule has 0 fully saturated rings. The van der Waals surface area contributed by atoms with Crippen LogP contribution in [0.1, 0.15) is 17.0 Å². The van der Waals surface area contributed by atoms with Gasteiger partial charge in [0.15, 0.2) is 0 Å². The number of hydrogen-bond acceptors (Lipinski definition) is 2. The van der Waals surface area contributed by atoms with Gasteiger partial charge in [0.2, 0.25) is 0 Å². The van der Waals surface area contributed by atoms with Gasteiger partial charge in [-0.25, -0.2) is 4.39 Å². The van der Waals surface area contributed by atoms with Crippen molar-refractivity contribution in [3.63, 3.8) is 0 Å². The molecule has 0 aliphatic carbocycles. The first kappa shape index (κ1) is 11.3. The second kappa shape index (κ2) is 4.33. The summed E-state index contributed by atoms with van der Waals surface area (Å²) in [5.41, 5.74) is 2.77. The third-order valence-corrected chi connectivity index (χ3v) is 3.53. The molecular weight excluding hydrogens is 273 g/mol.